The summed E-state index contributed by atoms with van der Waals surface area (Å²) < 4.78 is 10.2. The van der Waals surface area contributed by atoms with Gasteiger partial charge in [-0.1, -0.05) is 36.8 Å². The summed E-state index contributed by atoms with van der Waals surface area (Å²) in [7, 11) is 0. The first-order valence-electron chi connectivity index (χ1n) is 12.9. The predicted octanol–water partition coefficient (Wildman–Crippen LogP) is 2.50. The fourth-order valence-corrected chi connectivity index (χ4v) is 3.73. The Labute approximate surface area is 224 Å². The van der Waals surface area contributed by atoms with E-state index in [1.165, 1.54) is 4.90 Å². The molecule has 0 spiro atoms. The molecule has 0 aliphatic heterocycles. The molecule has 38 heavy (non-hydrogen) atoms. The Bertz CT molecular complexity index is 974. The molecule has 2 atom stereocenters. The number of nitrogens with one attached hydrogen (secondary N) is 2. The number of nitrogens with zero attached hydrogens (tertiary/aromatic N) is 1. The SMILES string of the molecule is CCCN(C(=O)C(CCC(N)=O)NC(=O)OC(C)(C)C)C(C(=O)NCCC(=O)OCC)c1cccc(C)c1. The average Bonchev–Trinajstić information content (AvgIpc) is 2.80. The second kappa shape index (κ2) is 15.6. The van der Waals surface area contributed by atoms with Crippen LogP contribution in [0.1, 0.15) is 77.5 Å². The lowest BCUT2D eigenvalue weighted by Crippen LogP contribution is -2.53. The molecule has 11 heteroatoms. The molecule has 0 aliphatic carbocycles. The van der Waals surface area contributed by atoms with Crippen molar-refractivity contribution in [3.8, 4) is 0 Å². The summed E-state index contributed by atoms with van der Waals surface area (Å²) >= 11 is 0. The summed E-state index contributed by atoms with van der Waals surface area (Å²) in [5.74, 6) is -2.14. The molecule has 0 bridgehead atoms. The zero-order valence-corrected chi connectivity index (χ0v) is 23.3. The van der Waals surface area contributed by atoms with E-state index in [0.29, 0.717) is 12.0 Å². The highest BCUT2D eigenvalue weighted by Gasteiger charge is 2.36. The normalized spacial score (nSPS) is 12.6. The van der Waals surface area contributed by atoms with E-state index in [4.69, 9.17) is 15.2 Å². The first-order chi connectivity index (χ1) is 17.8. The summed E-state index contributed by atoms with van der Waals surface area (Å²) in [5.41, 5.74) is 5.95. The van der Waals surface area contributed by atoms with Gasteiger partial charge in [0.15, 0.2) is 0 Å². The van der Waals surface area contributed by atoms with Crippen LogP contribution in [0.4, 0.5) is 4.79 Å². The minimum atomic E-state index is -1.16. The number of alkyl carbamates (subject to hydrolysis) is 1. The van der Waals surface area contributed by atoms with Crippen molar-refractivity contribution >= 4 is 29.8 Å². The van der Waals surface area contributed by atoms with Crippen LogP contribution in [0.3, 0.4) is 0 Å². The quantitative estimate of drug-likeness (QED) is 0.309. The van der Waals surface area contributed by atoms with Gasteiger partial charge >= 0.3 is 12.1 Å². The number of hydrogen-bond donors (Lipinski definition) is 3. The van der Waals surface area contributed by atoms with Gasteiger partial charge in [-0.25, -0.2) is 4.79 Å². The molecular weight excluding hydrogens is 492 g/mol. The lowest BCUT2D eigenvalue weighted by atomic mass is 9.99. The van der Waals surface area contributed by atoms with Crippen LogP contribution in [0.5, 0.6) is 0 Å². The number of nitrogens with two attached hydrogens (primary N) is 1. The number of carbonyl (C=O) groups is 5. The van der Waals surface area contributed by atoms with Crippen molar-refractivity contribution in [2.75, 3.05) is 19.7 Å². The molecule has 1 aromatic carbocycles. The Morgan fingerprint density at radius 2 is 1.76 bits per heavy atom. The third kappa shape index (κ3) is 11.6. The minimum absolute atomic E-state index is 0.0232. The molecule has 0 saturated carbocycles. The van der Waals surface area contributed by atoms with Gasteiger partial charge in [-0.15, -0.1) is 0 Å². The molecule has 1 rings (SSSR count). The molecule has 0 aromatic heterocycles. The van der Waals surface area contributed by atoms with Crippen molar-refractivity contribution in [1.82, 2.24) is 15.5 Å². The molecule has 4 N–H and O–H groups in total. The smallest absolute Gasteiger partial charge is 0.408 e. The number of rotatable bonds is 14. The number of amides is 4. The average molecular weight is 535 g/mol. The van der Waals surface area contributed by atoms with Crippen LogP contribution in [0, 0.1) is 6.92 Å². The molecule has 11 nitrogen and oxygen atoms in total. The second-order valence-corrected chi connectivity index (χ2v) is 9.90. The lowest BCUT2D eigenvalue weighted by molar-refractivity contribution is -0.144. The number of hydrogen-bond acceptors (Lipinski definition) is 7. The molecule has 0 radical (unpaired) electrons. The predicted molar refractivity (Wildman–Crippen MR) is 142 cm³/mol. The summed E-state index contributed by atoms with van der Waals surface area (Å²) in [6.07, 6.45) is -0.573. The zero-order valence-electron chi connectivity index (χ0n) is 23.3. The first kappa shape index (κ1) is 32.4. The van der Waals surface area contributed by atoms with Gasteiger partial charge in [0.2, 0.25) is 17.7 Å². The van der Waals surface area contributed by atoms with E-state index in [1.807, 2.05) is 19.9 Å². The van der Waals surface area contributed by atoms with Crippen molar-refractivity contribution in [2.45, 2.75) is 84.9 Å². The van der Waals surface area contributed by atoms with Gasteiger partial charge in [-0.05, 0) is 53.0 Å². The van der Waals surface area contributed by atoms with Gasteiger partial charge in [-0.2, -0.15) is 0 Å². The fraction of sp³-hybridized carbons (Fsp3) is 0.593. The van der Waals surface area contributed by atoms with Crippen LogP contribution in [-0.2, 0) is 28.7 Å². The highest BCUT2D eigenvalue weighted by Crippen LogP contribution is 2.24. The molecule has 0 heterocycles. The van der Waals surface area contributed by atoms with Gasteiger partial charge in [0.1, 0.15) is 17.7 Å². The molecule has 2 unspecified atom stereocenters. The topological polar surface area (TPSA) is 157 Å². The monoisotopic (exact) mass is 534 g/mol. The van der Waals surface area contributed by atoms with Crippen LogP contribution in [0.15, 0.2) is 24.3 Å². The molecule has 0 aliphatic rings. The van der Waals surface area contributed by atoms with E-state index in [1.54, 1.807) is 45.9 Å². The van der Waals surface area contributed by atoms with Crippen LogP contribution in [0.2, 0.25) is 0 Å². The number of primary amides is 1. The maximum absolute atomic E-state index is 13.9. The highest BCUT2D eigenvalue weighted by molar-refractivity contribution is 5.92. The summed E-state index contributed by atoms with van der Waals surface area (Å²) in [5, 5.41) is 5.27. The maximum Gasteiger partial charge on any atom is 0.408 e. The van der Waals surface area contributed by atoms with Crippen LogP contribution in [0.25, 0.3) is 0 Å². The van der Waals surface area contributed by atoms with Crippen molar-refractivity contribution in [2.24, 2.45) is 5.73 Å². The summed E-state index contributed by atoms with van der Waals surface area (Å²) in [4.78, 5) is 64.5. The summed E-state index contributed by atoms with van der Waals surface area (Å²) in [6, 6.07) is 4.96. The van der Waals surface area contributed by atoms with Crippen LogP contribution in [-0.4, -0.2) is 66.0 Å². The second-order valence-electron chi connectivity index (χ2n) is 9.90. The Morgan fingerprint density at radius 1 is 1.08 bits per heavy atom. The van der Waals surface area contributed by atoms with E-state index in [-0.39, 0.29) is 39.0 Å². The van der Waals surface area contributed by atoms with Gasteiger partial charge in [-0.3, -0.25) is 19.2 Å². The molecular formula is C27H42N4O7. The number of carbonyl (C=O) groups excluding carboxylic acids is 5. The first-order valence-corrected chi connectivity index (χ1v) is 12.9. The third-order valence-corrected chi connectivity index (χ3v) is 5.27. The number of aryl methyl sites for hydroxylation is 1. The number of benzene rings is 1. The van der Waals surface area contributed by atoms with Crippen molar-refractivity contribution < 1.29 is 33.4 Å². The van der Waals surface area contributed by atoms with Crippen LogP contribution < -0.4 is 16.4 Å². The van der Waals surface area contributed by atoms with Gasteiger partial charge in [0.05, 0.1) is 13.0 Å². The van der Waals surface area contributed by atoms with E-state index < -0.39 is 47.5 Å². The van der Waals surface area contributed by atoms with Gasteiger partial charge < -0.3 is 30.7 Å². The maximum atomic E-state index is 13.9. The minimum Gasteiger partial charge on any atom is -0.466 e. The number of esters is 1. The standard InChI is InChI=1S/C27H42N4O7/c1-7-16-31(25(35)20(12-13-21(28)32)30-26(36)38-27(4,5)6)23(19-11-9-10-18(3)17-19)24(34)29-15-14-22(33)37-8-2/h9-11,17,20,23H,7-8,12-16H2,1-6H3,(H2,28,32)(H,29,34)(H,30,36). The third-order valence-electron chi connectivity index (χ3n) is 5.27. The van der Waals surface area contributed by atoms with E-state index in [2.05, 4.69) is 10.6 Å². The van der Waals surface area contributed by atoms with Gasteiger partial charge in [0.25, 0.3) is 0 Å². The van der Waals surface area contributed by atoms with E-state index in [0.717, 1.165) is 5.56 Å². The van der Waals surface area contributed by atoms with Gasteiger partial charge in [0, 0.05) is 19.5 Å². The Kier molecular flexibility index (Phi) is 13.3. The highest BCUT2D eigenvalue weighted by atomic mass is 16.6. The van der Waals surface area contributed by atoms with Crippen LogP contribution >= 0.6 is 0 Å². The van der Waals surface area contributed by atoms with Crippen molar-refractivity contribution in [1.29, 1.82) is 0 Å². The molecule has 0 fully saturated rings. The summed E-state index contributed by atoms with van der Waals surface area (Å²) in [6.45, 7) is 10.9. The van der Waals surface area contributed by atoms with Crippen molar-refractivity contribution in [3.63, 3.8) is 0 Å². The Morgan fingerprint density at radius 3 is 2.32 bits per heavy atom. The Hall–Kier alpha value is -3.63. The molecule has 1 aromatic rings. The molecule has 4 amide bonds. The van der Waals surface area contributed by atoms with Crippen molar-refractivity contribution in [3.05, 3.63) is 35.4 Å². The van der Waals surface area contributed by atoms with E-state index in [9.17, 15) is 24.0 Å². The Balaban J connectivity index is 3.36. The molecule has 212 valence electrons. The largest absolute Gasteiger partial charge is 0.466 e. The zero-order chi connectivity index (χ0) is 28.9. The lowest BCUT2D eigenvalue weighted by Gasteiger charge is -2.34. The fourth-order valence-electron chi connectivity index (χ4n) is 3.73. The molecule has 0 saturated heterocycles. The number of ether oxygens (including phenoxy) is 2. The van der Waals surface area contributed by atoms with E-state index >= 15 is 0 Å².